The highest BCUT2D eigenvalue weighted by atomic mass is 35.5. The number of hydrogen-bond acceptors (Lipinski definition) is 3. The van der Waals surface area contributed by atoms with Crippen molar-refractivity contribution in [3.05, 3.63) is 46.7 Å². The summed E-state index contributed by atoms with van der Waals surface area (Å²) in [5.41, 5.74) is 4.27. The van der Waals surface area contributed by atoms with Crippen molar-refractivity contribution in [3.63, 3.8) is 0 Å². The number of amides is 1. The van der Waals surface area contributed by atoms with Crippen LogP contribution >= 0.6 is 11.6 Å². The van der Waals surface area contributed by atoms with E-state index in [1.165, 1.54) is 29.2 Å². The van der Waals surface area contributed by atoms with E-state index in [0.29, 0.717) is 24.5 Å². The van der Waals surface area contributed by atoms with E-state index in [2.05, 4.69) is 5.10 Å². The van der Waals surface area contributed by atoms with Gasteiger partial charge in [-0.2, -0.15) is 18.3 Å². The van der Waals surface area contributed by atoms with Gasteiger partial charge in [-0.15, -0.1) is 0 Å². The Labute approximate surface area is 153 Å². The van der Waals surface area contributed by atoms with E-state index >= 15 is 0 Å². The van der Waals surface area contributed by atoms with Gasteiger partial charge in [0, 0.05) is 17.6 Å². The first-order valence-electron chi connectivity index (χ1n) is 8.14. The highest BCUT2D eigenvalue weighted by Gasteiger charge is 2.43. The van der Waals surface area contributed by atoms with E-state index in [9.17, 15) is 18.0 Å². The lowest BCUT2D eigenvalue weighted by molar-refractivity contribution is -0.143. The molecule has 3 rings (SSSR count). The minimum absolute atomic E-state index is 0.0922. The molecule has 0 spiro atoms. The van der Waals surface area contributed by atoms with Crippen LogP contribution in [0, 0.1) is 5.92 Å². The van der Waals surface area contributed by atoms with E-state index < -0.39 is 23.3 Å². The number of hydrogen-bond donors (Lipinski definition) is 1. The Kier molecular flexibility index (Phi) is 4.98. The second-order valence-electron chi connectivity index (χ2n) is 6.44. The lowest BCUT2D eigenvalue weighted by Crippen LogP contribution is -2.35. The van der Waals surface area contributed by atoms with Crippen LogP contribution in [0.2, 0.25) is 5.02 Å². The van der Waals surface area contributed by atoms with Crippen molar-refractivity contribution >= 4 is 17.5 Å². The van der Waals surface area contributed by atoms with Gasteiger partial charge >= 0.3 is 6.18 Å². The molecule has 2 N–H and O–H groups in total. The minimum Gasteiger partial charge on any atom is -0.335 e. The number of alkyl halides is 3. The van der Waals surface area contributed by atoms with Crippen LogP contribution in [0.25, 0.3) is 5.69 Å². The molecule has 1 aliphatic rings. The topological polar surface area (TPSA) is 64.2 Å². The largest absolute Gasteiger partial charge is 0.434 e. The fourth-order valence-electron chi connectivity index (χ4n) is 3.31. The lowest BCUT2D eigenvalue weighted by atomic mass is 10.1. The Morgan fingerprint density at radius 2 is 2.00 bits per heavy atom. The van der Waals surface area contributed by atoms with Gasteiger partial charge in [-0.3, -0.25) is 4.79 Å². The quantitative estimate of drug-likeness (QED) is 0.879. The first kappa shape index (κ1) is 18.7. The number of likely N-dealkylation sites (tertiary alicyclic amines) is 1. The second-order valence-corrected chi connectivity index (χ2v) is 6.87. The van der Waals surface area contributed by atoms with Crippen LogP contribution in [-0.2, 0) is 6.18 Å². The maximum absolute atomic E-state index is 13.7. The van der Waals surface area contributed by atoms with Crippen LogP contribution in [0.15, 0.2) is 30.5 Å². The normalized spacial score (nSPS) is 20.6. The third-order valence-corrected chi connectivity index (χ3v) is 4.85. The number of carbonyl (C=O) groups excluding carboxylic acids is 1. The lowest BCUT2D eigenvalue weighted by Gasteiger charge is -2.22. The van der Waals surface area contributed by atoms with Gasteiger partial charge in [0.25, 0.3) is 5.91 Å². The second kappa shape index (κ2) is 6.92. The summed E-state index contributed by atoms with van der Waals surface area (Å²) in [7, 11) is 0. The molecule has 1 aliphatic heterocycles. The zero-order chi connectivity index (χ0) is 19.1. The maximum atomic E-state index is 13.7. The summed E-state index contributed by atoms with van der Waals surface area (Å²) < 4.78 is 41.9. The van der Waals surface area contributed by atoms with Crippen LogP contribution in [0.4, 0.5) is 13.2 Å². The van der Waals surface area contributed by atoms with Crippen molar-refractivity contribution in [1.82, 2.24) is 14.7 Å². The first-order chi connectivity index (χ1) is 12.2. The highest BCUT2D eigenvalue weighted by molar-refractivity contribution is 6.30. The van der Waals surface area contributed by atoms with Gasteiger partial charge in [0.15, 0.2) is 5.69 Å². The summed E-state index contributed by atoms with van der Waals surface area (Å²) in [6.45, 7) is 2.55. The Balaban J connectivity index is 2.03. The summed E-state index contributed by atoms with van der Waals surface area (Å²) in [5.74, 6) is -0.587. The number of carbonyl (C=O) groups is 1. The zero-order valence-corrected chi connectivity index (χ0v) is 14.8. The van der Waals surface area contributed by atoms with Crippen LogP contribution in [0.5, 0.6) is 0 Å². The fourth-order valence-corrected chi connectivity index (χ4v) is 3.43. The Hall–Kier alpha value is -2.06. The molecule has 2 aromatic rings. The van der Waals surface area contributed by atoms with E-state index in [1.54, 1.807) is 0 Å². The van der Waals surface area contributed by atoms with Crippen molar-refractivity contribution in [1.29, 1.82) is 0 Å². The monoisotopic (exact) mass is 386 g/mol. The first-order valence-corrected chi connectivity index (χ1v) is 8.52. The van der Waals surface area contributed by atoms with Gasteiger partial charge in [0.1, 0.15) is 0 Å². The van der Waals surface area contributed by atoms with Crippen LogP contribution in [-0.4, -0.2) is 39.7 Å². The predicted octanol–water partition coefficient (Wildman–Crippen LogP) is 3.35. The number of aromatic nitrogens is 2. The van der Waals surface area contributed by atoms with Crippen LogP contribution in [0.1, 0.15) is 29.4 Å². The van der Waals surface area contributed by atoms with Gasteiger partial charge in [0.05, 0.1) is 17.4 Å². The predicted molar refractivity (Wildman–Crippen MR) is 91.2 cm³/mol. The summed E-state index contributed by atoms with van der Waals surface area (Å²) in [6.07, 6.45) is -3.09. The van der Waals surface area contributed by atoms with Crippen molar-refractivity contribution in [2.75, 3.05) is 13.1 Å². The van der Waals surface area contributed by atoms with Crippen LogP contribution in [0.3, 0.4) is 0 Å². The number of nitrogens with two attached hydrogens (primary N) is 1. The van der Waals surface area contributed by atoms with Crippen molar-refractivity contribution < 1.29 is 18.0 Å². The third kappa shape index (κ3) is 3.43. The molecule has 0 saturated carbocycles. The molecule has 0 bridgehead atoms. The van der Waals surface area contributed by atoms with Crippen molar-refractivity contribution in [2.24, 2.45) is 11.7 Å². The molecule has 1 amide bonds. The van der Waals surface area contributed by atoms with Gasteiger partial charge in [0.2, 0.25) is 0 Å². The number of halogens is 4. The molecular weight excluding hydrogens is 369 g/mol. The van der Waals surface area contributed by atoms with Gasteiger partial charge in [-0.05, 0) is 50.1 Å². The average Bonchev–Trinajstić information content (AvgIpc) is 3.18. The number of benzene rings is 1. The standard InChI is InChI=1S/C17H18ClF3N4O/c1-10-6-11(7-22)9-24(10)16(26)14-8-23-25(15(14)17(19,20)21)13-4-2-12(18)3-5-13/h2-5,8,10-11H,6-7,9,22H2,1H3. The molecule has 5 nitrogen and oxygen atoms in total. The Morgan fingerprint density at radius 3 is 2.54 bits per heavy atom. The summed E-state index contributed by atoms with van der Waals surface area (Å²) >= 11 is 5.79. The molecular formula is C17H18ClF3N4O. The van der Waals surface area contributed by atoms with Crippen molar-refractivity contribution in [2.45, 2.75) is 25.6 Å². The molecule has 2 atom stereocenters. The van der Waals surface area contributed by atoms with E-state index in [1.807, 2.05) is 6.92 Å². The third-order valence-electron chi connectivity index (χ3n) is 4.59. The van der Waals surface area contributed by atoms with Crippen molar-refractivity contribution in [3.8, 4) is 5.69 Å². The number of nitrogens with zero attached hydrogens (tertiary/aromatic N) is 3. The van der Waals surface area contributed by atoms with E-state index in [0.717, 1.165) is 10.9 Å². The minimum atomic E-state index is -4.74. The highest BCUT2D eigenvalue weighted by Crippen LogP contribution is 2.35. The fraction of sp³-hybridized carbons (Fsp3) is 0.412. The zero-order valence-electron chi connectivity index (χ0n) is 14.0. The van der Waals surface area contributed by atoms with Gasteiger partial charge < -0.3 is 10.6 Å². The average molecular weight is 387 g/mol. The summed E-state index contributed by atoms with van der Waals surface area (Å²) in [5, 5.41) is 4.21. The molecule has 1 aromatic heterocycles. The molecule has 26 heavy (non-hydrogen) atoms. The summed E-state index contributed by atoms with van der Waals surface area (Å²) in [6, 6.07) is 5.60. The molecule has 9 heteroatoms. The maximum Gasteiger partial charge on any atom is 0.434 e. The molecule has 140 valence electrons. The summed E-state index contributed by atoms with van der Waals surface area (Å²) in [4.78, 5) is 14.2. The molecule has 2 heterocycles. The molecule has 1 saturated heterocycles. The van der Waals surface area contributed by atoms with Gasteiger partial charge in [-0.1, -0.05) is 11.6 Å². The molecule has 1 aromatic carbocycles. The molecule has 0 radical (unpaired) electrons. The van der Waals surface area contributed by atoms with Gasteiger partial charge in [-0.25, -0.2) is 4.68 Å². The van der Waals surface area contributed by atoms with Crippen LogP contribution < -0.4 is 5.73 Å². The number of rotatable bonds is 3. The Morgan fingerprint density at radius 1 is 1.35 bits per heavy atom. The van der Waals surface area contributed by atoms with E-state index in [4.69, 9.17) is 17.3 Å². The smallest absolute Gasteiger partial charge is 0.335 e. The molecule has 2 unspecified atom stereocenters. The SMILES string of the molecule is CC1CC(CN)CN1C(=O)c1cnn(-c2ccc(Cl)cc2)c1C(F)(F)F. The Bertz CT molecular complexity index is 803. The molecule has 1 fully saturated rings. The molecule has 0 aliphatic carbocycles. The van der Waals surface area contributed by atoms with E-state index in [-0.39, 0.29) is 17.6 Å².